The van der Waals surface area contributed by atoms with Gasteiger partial charge in [-0.05, 0) is 48.9 Å². The minimum atomic E-state index is -0.174. The summed E-state index contributed by atoms with van der Waals surface area (Å²) >= 11 is 5.89. The summed E-state index contributed by atoms with van der Waals surface area (Å²) in [6, 6.07) is 14.5. The Morgan fingerprint density at radius 2 is 1.73 bits per heavy atom. The van der Waals surface area contributed by atoms with Crippen molar-refractivity contribution < 1.29 is 9.53 Å². The highest BCUT2D eigenvalue weighted by atomic mass is 35.5. The molecule has 1 atom stereocenters. The van der Waals surface area contributed by atoms with E-state index in [-0.39, 0.29) is 12.1 Å². The fourth-order valence-corrected chi connectivity index (χ4v) is 2.15. The van der Waals surface area contributed by atoms with Crippen LogP contribution in [0.25, 0.3) is 0 Å². The minimum Gasteiger partial charge on any atom is -0.497 e. The van der Waals surface area contributed by atoms with Crippen LogP contribution in [0, 0.1) is 0 Å². The second kappa shape index (κ2) is 7.18. The first-order chi connectivity index (χ1) is 10.5. The van der Waals surface area contributed by atoms with Crippen LogP contribution in [0.1, 0.15) is 18.5 Å². The lowest BCUT2D eigenvalue weighted by Crippen LogP contribution is -2.33. The van der Waals surface area contributed by atoms with Crippen molar-refractivity contribution in [2.75, 3.05) is 19.5 Å². The van der Waals surface area contributed by atoms with Gasteiger partial charge in [0.25, 0.3) is 0 Å². The smallest absolute Gasteiger partial charge is 0.322 e. The number of carbonyl (C=O) groups is 1. The molecule has 0 heterocycles. The lowest BCUT2D eigenvalue weighted by Gasteiger charge is -2.25. The van der Waals surface area contributed by atoms with Gasteiger partial charge < -0.3 is 15.0 Å². The number of urea groups is 1. The van der Waals surface area contributed by atoms with Crippen LogP contribution in [0.4, 0.5) is 10.5 Å². The zero-order valence-electron chi connectivity index (χ0n) is 12.8. The molecule has 0 aromatic heterocycles. The number of amides is 2. The van der Waals surface area contributed by atoms with Crippen LogP contribution in [0.5, 0.6) is 5.75 Å². The third kappa shape index (κ3) is 3.92. The Kier molecular flexibility index (Phi) is 5.28. The molecule has 2 aromatic rings. The molecule has 0 aliphatic rings. The van der Waals surface area contributed by atoms with Crippen LogP contribution in [0.3, 0.4) is 0 Å². The third-order valence-corrected chi connectivity index (χ3v) is 3.85. The van der Waals surface area contributed by atoms with Gasteiger partial charge in [-0.15, -0.1) is 0 Å². The van der Waals surface area contributed by atoms with Gasteiger partial charge in [0.2, 0.25) is 0 Å². The Bertz CT molecular complexity index is 626. The Balaban J connectivity index is 2.02. The number of hydrogen-bond acceptors (Lipinski definition) is 2. The zero-order valence-corrected chi connectivity index (χ0v) is 13.6. The first kappa shape index (κ1) is 16.2. The van der Waals surface area contributed by atoms with Crippen LogP contribution in [-0.2, 0) is 0 Å². The third-order valence-electron chi connectivity index (χ3n) is 3.59. The quantitative estimate of drug-likeness (QED) is 0.897. The van der Waals surface area contributed by atoms with Crippen molar-refractivity contribution in [2.24, 2.45) is 0 Å². The Labute approximate surface area is 135 Å². The maximum Gasteiger partial charge on any atom is 0.322 e. The van der Waals surface area contributed by atoms with E-state index in [2.05, 4.69) is 5.32 Å². The van der Waals surface area contributed by atoms with Crippen molar-refractivity contribution in [1.29, 1.82) is 0 Å². The second-order valence-corrected chi connectivity index (χ2v) is 5.43. The van der Waals surface area contributed by atoms with E-state index in [0.717, 1.165) is 17.0 Å². The molecule has 0 saturated carbocycles. The summed E-state index contributed by atoms with van der Waals surface area (Å²) in [7, 11) is 3.37. The van der Waals surface area contributed by atoms with Crippen molar-refractivity contribution in [3.05, 3.63) is 59.1 Å². The summed E-state index contributed by atoms with van der Waals surface area (Å²) in [5, 5.41) is 3.54. The normalized spacial score (nSPS) is 11.6. The first-order valence-corrected chi connectivity index (χ1v) is 7.32. The summed E-state index contributed by atoms with van der Waals surface area (Å²) in [5.41, 5.74) is 1.75. The number of anilines is 1. The number of ether oxygens (including phenoxy) is 1. The summed E-state index contributed by atoms with van der Waals surface area (Å²) in [6.45, 7) is 1.97. The van der Waals surface area contributed by atoms with Gasteiger partial charge in [0, 0.05) is 17.8 Å². The van der Waals surface area contributed by atoms with Crippen LogP contribution >= 0.6 is 11.6 Å². The summed E-state index contributed by atoms with van der Waals surface area (Å²) < 4.78 is 5.09. The molecule has 2 rings (SSSR count). The molecule has 116 valence electrons. The second-order valence-electron chi connectivity index (χ2n) is 5.00. The van der Waals surface area contributed by atoms with Gasteiger partial charge in [-0.1, -0.05) is 23.7 Å². The summed E-state index contributed by atoms with van der Waals surface area (Å²) in [4.78, 5) is 14.0. The summed E-state index contributed by atoms with van der Waals surface area (Å²) in [6.07, 6.45) is 0. The van der Waals surface area contributed by atoms with E-state index in [1.807, 2.05) is 31.2 Å². The fourth-order valence-electron chi connectivity index (χ4n) is 2.03. The molecule has 5 heteroatoms. The SMILES string of the molecule is COc1ccc(NC(=O)N(C)C(C)c2ccc(Cl)cc2)cc1. The highest BCUT2D eigenvalue weighted by molar-refractivity contribution is 6.30. The van der Waals surface area contributed by atoms with Gasteiger partial charge in [-0.2, -0.15) is 0 Å². The molecule has 1 N–H and O–H groups in total. The van der Waals surface area contributed by atoms with E-state index in [1.165, 1.54) is 0 Å². The van der Waals surface area contributed by atoms with Gasteiger partial charge in [0.15, 0.2) is 0 Å². The highest BCUT2D eigenvalue weighted by Crippen LogP contribution is 2.22. The van der Waals surface area contributed by atoms with Crippen molar-refractivity contribution in [2.45, 2.75) is 13.0 Å². The standard InChI is InChI=1S/C17H19ClN2O2/c1-12(13-4-6-14(18)7-5-13)20(2)17(21)19-15-8-10-16(22-3)11-9-15/h4-12H,1-3H3,(H,19,21). The minimum absolute atomic E-state index is 0.0597. The Morgan fingerprint density at radius 1 is 1.14 bits per heavy atom. The molecular weight excluding hydrogens is 300 g/mol. The van der Waals surface area contributed by atoms with E-state index in [0.29, 0.717) is 5.02 Å². The van der Waals surface area contributed by atoms with Crippen LogP contribution in [-0.4, -0.2) is 25.1 Å². The number of hydrogen-bond donors (Lipinski definition) is 1. The lowest BCUT2D eigenvalue weighted by atomic mass is 10.1. The van der Waals surface area contributed by atoms with Crippen molar-refractivity contribution >= 4 is 23.3 Å². The molecule has 0 aliphatic carbocycles. The monoisotopic (exact) mass is 318 g/mol. The van der Waals surface area contributed by atoms with Gasteiger partial charge >= 0.3 is 6.03 Å². The van der Waals surface area contributed by atoms with Gasteiger partial charge in [0.1, 0.15) is 5.75 Å². The molecule has 2 amide bonds. The van der Waals surface area contributed by atoms with Crippen LogP contribution in [0.15, 0.2) is 48.5 Å². The topological polar surface area (TPSA) is 41.6 Å². The van der Waals surface area contributed by atoms with Gasteiger partial charge in [0.05, 0.1) is 13.2 Å². The molecule has 0 radical (unpaired) electrons. The van der Waals surface area contributed by atoms with Crippen LogP contribution in [0.2, 0.25) is 5.02 Å². The predicted octanol–water partition coefficient (Wildman–Crippen LogP) is 4.57. The molecule has 4 nitrogen and oxygen atoms in total. The molecule has 0 bridgehead atoms. The molecular formula is C17H19ClN2O2. The van der Waals surface area contributed by atoms with Gasteiger partial charge in [-0.3, -0.25) is 0 Å². The van der Waals surface area contributed by atoms with E-state index in [4.69, 9.17) is 16.3 Å². The number of benzene rings is 2. The molecule has 2 aromatic carbocycles. The Morgan fingerprint density at radius 3 is 2.27 bits per heavy atom. The van der Waals surface area contributed by atoms with E-state index >= 15 is 0 Å². The first-order valence-electron chi connectivity index (χ1n) is 6.94. The number of nitrogens with one attached hydrogen (secondary N) is 1. The molecule has 0 spiro atoms. The van der Waals surface area contributed by atoms with E-state index < -0.39 is 0 Å². The zero-order chi connectivity index (χ0) is 16.1. The largest absolute Gasteiger partial charge is 0.497 e. The number of carbonyl (C=O) groups excluding carboxylic acids is 1. The fraction of sp³-hybridized carbons (Fsp3) is 0.235. The molecule has 22 heavy (non-hydrogen) atoms. The molecule has 0 fully saturated rings. The van der Waals surface area contributed by atoms with Crippen molar-refractivity contribution in [3.8, 4) is 5.75 Å². The molecule has 0 saturated heterocycles. The number of nitrogens with zero attached hydrogens (tertiary/aromatic N) is 1. The average Bonchev–Trinajstić information content (AvgIpc) is 2.55. The van der Waals surface area contributed by atoms with E-state index in [1.54, 1.807) is 43.3 Å². The lowest BCUT2D eigenvalue weighted by molar-refractivity contribution is 0.208. The van der Waals surface area contributed by atoms with Crippen molar-refractivity contribution in [1.82, 2.24) is 4.90 Å². The van der Waals surface area contributed by atoms with Crippen LogP contribution < -0.4 is 10.1 Å². The number of methoxy groups -OCH3 is 1. The summed E-state index contributed by atoms with van der Waals surface area (Å²) in [5.74, 6) is 0.751. The predicted molar refractivity (Wildman–Crippen MR) is 89.6 cm³/mol. The maximum atomic E-state index is 12.3. The highest BCUT2D eigenvalue weighted by Gasteiger charge is 2.17. The molecule has 1 unspecified atom stereocenters. The van der Waals surface area contributed by atoms with Gasteiger partial charge in [-0.25, -0.2) is 4.79 Å². The number of halogens is 1. The number of rotatable bonds is 4. The molecule has 0 aliphatic heterocycles. The Hall–Kier alpha value is -2.20. The maximum absolute atomic E-state index is 12.3. The van der Waals surface area contributed by atoms with E-state index in [9.17, 15) is 4.79 Å². The van der Waals surface area contributed by atoms with Crippen molar-refractivity contribution in [3.63, 3.8) is 0 Å². The average molecular weight is 319 g/mol.